The van der Waals surface area contributed by atoms with Gasteiger partial charge in [-0.15, -0.1) is 0 Å². The summed E-state index contributed by atoms with van der Waals surface area (Å²) >= 11 is 11.9. The molecular weight excluding hydrogens is 429 g/mol. The third kappa shape index (κ3) is 4.70. The molecule has 0 aromatic heterocycles. The first-order valence-electron chi connectivity index (χ1n) is 9.65. The number of hydrogen-bond acceptors (Lipinski definition) is 5. The van der Waals surface area contributed by atoms with E-state index < -0.39 is 0 Å². The fourth-order valence-electron chi connectivity index (χ4n) is 3.43. The maximum Gasteiger partial charge on any atom is 0.265 e. The Morgan fingerprint density at radius 2 is 1.83 bits per heavy atom. The molecule has 2 amide bonds. The zero-order chi connectivity index (χ0) is 21.1. The molecule has 2 heterocycles. The Bertz CT molecular complexity index is 963. The van der Waals surface area contributed by atoms with Gasteiger partial charge in [0.05, 0.1) is 28.9 Å². The van der Waals surface area contributed by atoms with Gasteiger partial charge >= 0.3 is 0 Å². The molecule has 0 aliphatic carbocycles. The number of benzene rings is 2. The van der Waals surface area contributed by atoms with Crippen LogP contribution in [0.2, 0.25) is 10.0 Å². The number of carbonyl (C=O) groups excluding carboxylic acids is 2. The number of nitrogens with one attached hydrogen (secondary N) is 1. The van der Waals surface area contributed by atoms with Crippen molar-refractivity contribution in [3.8, 4) is 5.75 Å². The largest absolute Gasteiger partial charge is 0.481 e. The summed E-state index contributed by atoms with van der Waals surface area (Å²) in [4.78, 5) is 28.9. The van der Waals surface area contributed by atoms with Crippen molar-refractivity contribution in [3.05, 3.63) is 52.0 Å². The SMILES string of the molecule is O=C(Nc1ccc2c(c1)OCC(=O)N2CCN1CCOCC1)c1ccc(Cl)c(Cl)c1. The van der Waals surface area contributed by atoms with E-state index in [-0.39, 0.29) is 18.4 Å². The molecule has 1 saturated heterocycles. The Balaban J connectivity index is 1.46. The molecule has 7 nitrogen and oxygen atoms in total. The van der Waals surface area contributed by atoms with Crippen LogP contribution in [0.1, 0.15) is 10.4 Å². The maximum atomic E-state index is 12.5. The molecule has 0 unspecified atom stereocenters. The van der Waals surface area contributed by atoms with Crippen molar-refractivity contribution in [1.82, 2.24) is 4.90 Å². The lowest BCUT2D eigenvalue weighted by Gasteiger charge is -2.33. The molecule has 0 radical (unpaired) electrons. The summed E-state index contributed by atoms with van der Waals surface area (Å²) in [5, 5.41) is 3.52. The molecule has 30 heavy (non-hydrogen) atoms. The van der Waals surface area contributed by atoms with Crippen LogP contribution in [0.3, 0.4) is 0 Å². The Labute approximate surface area is 184 Å². The highest BCUT2D eigenvalue weighted by molar-refractivity contribution is 6.42. The van der Waals surface area contributed by atoms with E-state index in [4.69, 9.17) is 32.7 Å². The van der Waals surface area contributed by atoms with Crippen molar-refractivity contribution in [3.63, 3.8) is 0 Å². The summed E-state index contributed by atoms with van der Waals surface area (Å²) in [6.07, 6.45) is 0. The number of ether oxygens (including phenoxy) is 2. The van der Waals surface area contributed by atoms with Crippen molar-refractivity contribution >= 4 is 46.4 Å². The highest BCUT2D eigenvalue weighted by Gasteiger charge is 2.26. The average Bonchev–Trinajstić information content (AvgIpc) is 2.75. The molecule has 2 aromatic rings. The fraction of sp³-hybridized carbons (Fsp3) is 0.333. The minimum atomic E-state index is -0.315. The minimum Gasteiger partial charge on any atom is -0.481 e. The van der Waals surface area contributed by atoms with E-state index in [1.807, 2.05) is 0 Å². The zero-order valence-electron chi connectivity index (χ0n) is 16.2. The monoisotopic (exact) mass is 449 g/mol. The van der Waals surface area contributed by atoms with Crippen LogP contribution in [-0.4, -0.2) is 62.7 Å². The average molecular weight is 450 g/mol. The number of nitrogens with zero attached hydrogens (tertiary/aromatic N) is 2. The quantitative estimate of drug-likeness (QED) is 0.757. The summed E-state index contributed by atoms with van der Waals surface area (Å²) in [5.74, 6) is 0.163. The van der Waals surface area contributed by atoms with Crippen LogP contribution in [0.4, 0.5) is 11.4 Å². The zero-order valence-corrected chi connectivity index (χ0v) is 17.7. The second-order valence-corrected chi connectivity index (χ2v) is 7.87. The predicted molar refractivity (Wildman–Crippen MR) is 116 cm³/mol. The molecule has 158 valence electrons. The van der Waals surface area contributed by atoms with E-state index in [9.17, 15) is 9.59 Å². The number of halogens is 2. The van der Waals surface area contributed by atoms with E-state index >= 15 is 0 Å². The van der Waals surface area contributed by atoms with Gasteiger partial charge < -0.3 is 19.7 Å². The molecule has 0 atom stereocenters. The van der Waals surface area contributed by atoms with Crippen LogP contribution >= 0.6 is 23.2 Å². The molecule has 1 N–H and O–H groups in total. The van der Waals surface area contributed by atoms with Gasteiger partial charge in [0.2, 0.25) is 0 Å². The van der Waals surface area contributed by atoms with Crippen LogP contribution in [0, 0.1) is 0 Å². The smallest absolute Gasteiger partial charge is 0.265 e. The lowest BCUT2D eigenvalue weighted by atomic mass is 10.1. The van der Waals surface area contributed by atoms with Gasteiger partial charge in [0.25, 0.3) is 11.8 Å². The topological polar surface area (TPSA) is 71.1 Å². The summed E-state index contributed by atoms with van der Waals surface area (Å²) in [7, 11) is 0. The van der Waals surface area contributed by atoms with Crippen molar-refractivity contribution in [2.45, 2.75) is 0 Å². The predicted octanol–water partition coefficient (Wildman–Crippen LogP) is 3.30. The number of carbonyl (C=O) groups is 2. The normalized spacial score (nSPS) is 16.7. The van der Waals surface area contributed by atoms with Crippen LogP contribution in [0.5, 0.6) is 5.75 Å². The van der Waals surface area contributed by atoms with Crippen LogP contribution < -0.4 is 15.0 Å². The third-order valence-corrected chi connectivity index (χ3v) is 5.83. The summed E-state index contributed by atoms with van der Waals surface area (Å²) in [6, 6.07) is 9.95. The number of morpholine rings is 1. The first-order chi connectivity index (χ1) is 14.5. The van der Waals surface area contributed by atoms with Crippen molar-refractivity contribution in [2.75, 3.05) is 56.2 Å². The number of amides is 2. The summed E-state index contributed by atoms with van der Waals surface area (Å²) in [5.41, 5.74) is 1.66. The van der Waals surface area contributed by atoms with Gasteiger partial charge in [-0.1, -0.05) is 23.2 Å². The lowest BCUT2D eigenvalue weighted by molar-refractivity contribution is -0.121. The van der Waals surface area contributed by atoms with Gasteiger partial charge in [0, 0.05) is 43.5 Å². The van der Waals surface area contributed by atoms with E-state index in [0.717, 1.165) is 32.8 Å². The lowest BCUT2D eigenvalue weighted by Crippen LogP contribution is -2.45. The molecule has 0 spiro atoms. The van der Waals surface area contributed by atoms with Crippen molar-refractivity contribution < 1.29 is 19.1 Å². The molecule has 0 saturated carbocycles. The van der Waals surface area contributed by atoms with Gasteiger partial charge in [-0.3, -0.25) is 14.5 Å². The van der Waals surface area contributed by atoms with Gasteiger partial charge in [0.15, 0.2) is 6.61 Å². The van der Waals surface area contributed by atoms with E-state index in [1.54, 1.807) is 35.2 Å². The fourth-order valence-corrected chi connectivity index (χ4v) is 3.73. The molecule has 1 fully saturated rings. The second-order valence-electron chi connectivity index (χ2n) is 7.05. The standard InChI is InChI=1S/C21H21Cl2N3O4/c22-16-3-1-14(11-17(16)23)21(28)24-15-2-4-18-19(12-15)30-13-20(27)26(18)6-5-25-7-9-29-10-8-25/h1-4,11-12H,5-10,13H2,(H,24,28). The molecule has 9 heteroatoms. The maximum absolute atomic E-state index is 12.5. The number of hydrogen-bond donors (Lipinski definition) is 1. The van der Waals surface area contributed by atoms with Gasteiger partial charge in [-0.25, -0.2) is 0 Å². The van der Waals surface area contributed by atoms with Crippen LogP contribution in [0.15, 0.2) is 36.4 Å². The molecule has 2 aromatic carbocycles. The highest BCUT2D eigenvalue weighted by atomic mass is 35.5. The van der Waals surface area contributed by atoms with Gasteiger partial charge in [-0.05, 0) is 30.3 Å². The Kier molecular flexibility index (Phi) is 6.43. The first kappa shape index (κ1) is 20.9. The van der Waals surface area contributed by atoms with Crippen LogP contribution in [-0.2, 0) is 9.53 Å². The minimum absolute atomic E-state index is 0.0275. The molecule has 4 rings (SSSR count). The molecule has 2 aliphatic heterocycles. The Hall–Kier alpha value is -2.32. The van der Waals surface area contributed by atoms with Crippen LogP contribution in [0.25, 0.3) is 0 Å². The Morgan fingerprint density at radius 1 is 1.03 bits per heavy atom. The van der Waals surface area contributed by atoms with E-state index in [1.165, 1.54) is 6.07 Å². The number of rotatable bonds is 5. The third-order valence-electron chi connectivity index (χ3n) is 5.09. The Morgan fingerprint density at radius 3 is 2.60 bits per heavy atom. The highest BCUT2D eigenvalue weighted by Crippen LogP contribution is 2.34. The summed E-state index contributed by atoms with van der Waals surface area (Å²) in [6.45, 7) is 4.48. The number of fused-ring (bicyclic) bond motifs is 1. The van der Waals surface area contributed by atoms with E-state index in [0.29, 0.717) is 39.3 Å². The van der Waals surface area contributed by atoms with Crippen molar-refractivity contribution in [2.24, 2.45) is 0 Å². The number of anilines is 2. The first-order valence-corrected chi connectivity index (χ1v) is 10.4. The molecule has 2 aliphatic rings. The second kappa shape index (κ2) is 9.22. The van der Waals surface area contributed by atoms with Crippen molar-refractivity contribution in [1.29, 1.82) is 0 Å². The van der Waals surface area contributed by atoms with Gasteiger partial charge in [-0.2, -0.15) is 0 Å². The van der Waals surface area contributed by atoms with Gasteiger partial charge in [0.1, 0.15) is 5.75 Å². The molecular formula is C21H21Cl2N3O4. The molecule has 0 bridgehead atoms. The summed E-state index contributed by atoms with van der Waals surface area (Å²) < 4.78 is 11.0. The van der Waals surface area contributed by atoms with E-state index in [2.05, 4.69) is 10.2 Å².